The molecule has 1 heterocycles. The summed E-state index contributed by atoms with van der Waals surface area (Å²) in [6.07, 6.45) is 7.79. The van der Waals surface area contributed by atoms with Gasteiger partial charge in [0.1, 0.15) is 0 Å². The summed E-state index contributed by atoms with van der Waals surface area (Å²) in [5, 5.41) is 0. The molecular formula is C17H26N2. The number of rotatable bonds is 3. The Labute approximate surface area is 117 Å². The number of benzene rings is 1. The third kappa shape index (κ3) is 3.37. The number of hydrogen-bond acceptors (Lipinski definition) is 2. The molecule has 2 N–H and O–H groups in total. The van der Waals surface area contributed by atoms with E-state index in [2.05, 4.69) is 29.2 Å². The summed E-state index contributed by atoms with van der Waals surface area (Å²) in [7, 11) is 0. The van der Waals surface area contributed by atoms with Crippen LogP contribution in [0.3, 0.4) is 0 Å². The van der Waals surface area contributed by atoms with Gasteiger partial charge in [-0.3, -0.25) is 4.90 Å². The van der Waals surface area contributed by atoms with Crippen molar-refractivity contribution in [3.63, 3.8) is 0 Å². The van der Waals surface area contributed by atoms with E-state index in [-0.39, 0.29) is 0 Å². The van der Waals surface area contributed by atoms with Crippen molar-refractivity contribution in [2.24, 2.45) is 11.7 Å². The van der Waals surface area contributed by atoms with E-state index in [1.54, 1.807) is 11.1 Å². The topological polar surface area (TPSA) is 29.3 Å². The summed E-state index contributed by atoms with van der Waals surface area (Å²) in [6, 6.07) is 9.40. The van der Waals surface area contributed by atoms with Crippen LogP contribution in [0.25, 0.3) is 0 Å². The minimum Gasteiger partial charge on any atom is -0.328 e. The molecule has 3 rings (SSSR count). The highest BCUT2D eigenvalue weighted by Crippen LogP contribution is 2.27. The van der Waals surface area contributed by atoms with Gasteiger partial charge < -0.3 is 5.73 Å². The molecule has 0 aromatic heterocycles. The van der Waals surface area contributed by atoms with Crippen molar-refractivity contribution in [1.82, 2.24) is 4.90 Å². The normalized spacial score (nSPS) is 28.1. The Bertz CT molecular complexity index is 407. The molecule has 1 saturated carbocycles. The molecule has 0 spiro atoms. The van der Waals surface area contributed by atoms with E-state index in [0.717, 1.165) is 12.5 Å². The zero-order valence-electron chi connectivity index (χ0n) is 11.9. The first-order chi connectivity index (χ1) is 9.31. The molecule has 19 heavy (non-hydrogen) atoms. The van der Waals surface area contributed by atoms with Gasteiger partial charge in [0.05, 0.1) is 0 Å². The third-order valence-electron chi connectivity index (χ3n) is 4.95. The minimum atomic E-state index is 0.484. The molecule has 0 atom stereocenters. The SMILES string of the molecule is NC1CCC(CCN2CCc3ccccc3C2)CC1. The number of fused-ring (bicyclic) bond motifs is 1. The molecule has 1 aliphatic carbocycles. The van der Waals surface area contributed by atoms with Crippen LogP contribution in [0.1, 0.15) is 43.2 Å². The summed E-state index contributed by atoms with van der Waals surface area (Å²) in [5.41, 5.74) is 9.08. The molecule has 1 aromatic carbocycles. The smallest absolute Gasteiger partial charge is 0.0236 e. The van der Waals surface area contributed by atoms with E-state index in [1.165, 1.54) is 51.6 Å². The van der Waals surface area contributed by atoms with Gasteiger partial charge in [-0.15, -0.1) is 0 Å². The number of hydrogen-bond donors (Lipinski definition) is 1. The van der Waals surface area contributed by atoms with Gasteiger partial charge in [0, 0.05) is 19.1 Å². The van der Waals surface area contributed by atoms with Crippen molar-refractivity contribution in [2.45, 2.75) is 51.1 Å². The second-order valence-corrected chi connectivity index (χ2v) is 6.36. The van der Waals surface area contributed by atoms with Crippen molar-refractivity contribution in [2.75, 3.05) is 13.1 Å². The Morgan fingerprint density at radius 2 is 1.79 bits per heavy atom. The fraction of sp³-hybridized carbons (Fsp3) is 0.647. The Balaban J connectivity index is 1.47. The Kier molecular flexibility index (Phi) is 4.19. The molecular weight excluding hydrogens is 232 g/mol. The van der Waals surface area contributed by atoms with Gasteiger partial charge in [-0.05, 0) is 62.1 Å². The van der Waals surface area contributed by atoms with E-state index in [4.69, 9.17) is 5.73 Å². The van der Waals surface area contributed by atoms with Crippen LogP contribution >= 0.6 is 0 Å². The van der Waals surface area contributed by atoms with E-state index in [0.29, 0.717) is 6.04 Å². The Morgan fingerprint density at radius 3 is 2.58 bits per heavy atom. The lowest BCUT2D eigenvalue weighted by atomic mass is 9.84. The molecule has 0 radical (unpaired) electrons. The summed E-state index contributed by atoms with van der Waals surface area (Å²) < 4.78 is 0. The highest BCUT2D eigenvalue weighted by atomic mass is 15.1. The zero-order chi connectivity index (χ0) is 13.1. The molecule has 2 nitrogen and oxygen atoms in total. The Hall–Kier alpha value is -0.860. The molecule has 0 amide bonds. The average molecular weight is 258 g/mol. The minimum absolute atomic E-state index is 0.484. The molecule has 0 unspecified atom stereocenters. The van der Waals surface area contributed by atoms with Crippen molar-refractivity contribution < 1.29 is 0 Å². The molecule has 2 heteroatoms. The van der Waals surface area contributed by atoms with Crippen LogP contribution in [0, 0.1) is 5.92 Å². The average Bonchev–Trinajstić information content (AvgIpc) is 2.46. The highest BCUT2D eigenvalue weighted by molar-refractivity contribution is 5.28. The van der Waals surface area contributed by atoms with Gasteiger partial charge in [0.15, 0.2) is 0 Å². The van der Waals surface area contributed by atoms with Crippen LogP contribution in [0.2, 0.25) is 0 Å². The summed E-state index contributed by atoms with van der Waals surface area (Å²) >= 11 is 0. The maximum atomic E-state index is 5.98. The third-order valence-corrected chi connectivity index (χ3v) is 4.95. The van der Waals surface area contributed by atoms with E-state index in [1.807, 2.05) is 0 Å². The lowest BCUT2D eigenvalue weighted by molar-refractivity contribution is 0.213. The van der Waals surface area contributed by atoms with Crippen LogP contribution in [-0.2, 0) is 13.0 Å². The van der Waals surface area contributed by atoms with Crippen LogP contribution in [0.4, 0.5) is 0 Å². The van der Waals surface area contributed by atoms with Gasteiger partial charge in [-0.2, -0.15) is 0 Å². The molecule has 1 fully saturated rings. The number of nitrogens with two attached hydrogens (primary N) is 1. The van der Waals surface area contributed by atoms with Crippen molar-refractivity contribution in [1.29, 1.82) is 0 Å². The van der Waals surface area contributed by atoms with E-state index in [9.17, 15) is 0 Å². The van der Waals surface area contributed by atoms with Crippen LogP contribution in [0.15, 0.2) is 24.3 Å². The summed E-state index contributed by atoms with van der Waals surface area (Å²) in [5.74, 6) is 0.928. The first kappa shape index (κ1) is 13.1. The summed E-state index contributed by atoms with van der Waals surface area (Å²) in [6.45, 7) is 3.67. The Morgan fingerprint density at radius 1 is 1.05 bits per heavy atom. The van der Waals surface area contributed by atoms with Crippen molar-refractivity contribution in [3.8, 4) is 0 Å². The van der Waals surface area contributed by atoms with Gasteiger partial charge >= 0.3 is 0 Å². The maximum Gasteiger partial charge on any atom is 0.0236 e. The van der Waals surface area contributed by atoms with E-state index >= 15 is 0 Å². The first-order valence-electron chi connectivity index (χ1n) is 7.86. The number of nitrogens with zero attached hydrogens (tertiary/aromatic N) is 1. The molecule has 0 saturated heterocycles. The highest BCUT2D eigenvalue weighted by Gasteiger charge is 2.20. The first-order valence-corrected chi connectivity index (χ1v) is 7.86. The largest absolute Gasteiger partial charge is 0.328 e. The second kappa shape index (κ2) is 6.06. The molecule has 104 valence electrons. The van der Waals surface area contributed by atoms with Crippen molar-refractivity contribution in [3.05, 3.63) is 35.4 Å². The van der Waals surface area contributed by atoms with Crippen LogP contribution in [0.5, 0.6) is 0 Å². The zero-order valence-corrected chi connectivity index (χ0v) is 11.9. The molecule has 2 aliphatic rings. The van der Waals surface area contributed by atoms with Crippen LogP contribution < -0.4 is 5.73 Å². The van der Waals surface area contributed by atoms with Crippen molar-refractivity contribution >= 4 is 0 Å². The maximum absolute atomic E-state index is 5.98. The predicted octanol–water partition coefficient (Wildman–Crippen LogP) is 2.95. The second-order valence-electron chi connectivity index (χ2n) is 6.36. The lowest BCUT2D eigenvalue weighted by Gasteiger charge is -2.32. The van der Waals surface area contributed by atoms with Gasteiger partial charge in [0.2, 0.25) is 0 Å². The fourth-order valence-electron chi connectivity index (χ4n) is 3.59. The lowest BCUT2D eigenvalue weighted by Crippen LogP contribution is -2.33. The van der Waals surface area contributed by atoms with Gasteiger partial charge in [-0.1, -0.05) is 24.3 Å². The van der Waals surface area contributed by atoms with Gasteiger partial charge in [0.25, 0.3) is 0 Å². The summed E-state index contributed by atoms with van der Waals surface area (Å²) in [4.78, 5) is 2.64. The fourth-order valence-corrected chi connectivity index (χ4v) is 3.59. The quantitative estimate of drug-likeness (QED) is 0.903. The van der Waals surface area contributed by atoms with E-state index < -0.39 is 0 Å². The van der Waals surface area contributed by atoms with Gasteiger partial charge in [-0.25, -0.2) is 0 Å². The monoisotopic (exact) mass is 258 g/mol. The molecule has 1 aliphatic heterocycles. The van der Waals surface area contributed by atoms with Crippen LogP contribution in [-0.4, -0.2) is 24.0 Å². The standard InChI is InChI=1S/C17H26N2/c18-17-7-5-14(6-8-17)9-11-19-12-10-15-3-1-2-4-16(15)13-19/h1-4,14,17H,5-13,18H2. The predicted molar refractivity (Wildman–Crippen MR) is 80.0 cm³/mol. The molecule has 1 aromatic rings. The molecule has 0 bridgehead atoms.